The predicted octanol–water partition coefficient (Wildman–Crippen LogP) is 2.53. The van der Waals surface area contributed by atoms with Crippen molar-refractivity contribution in [3.63, 3.8) is 0 Å². The number of hydrazone groups is 1. The second-order valence-corrected chi connectivity index (χ2v) is 1.89. The molecule has 0 aliphatic heterocycles. The van der Waals surface area contributed by atoms with Gasteiger partial charge < -0.3 is 0 Å². The predicted molar refractivity (Wildman–Crippen MR) is 50.2 cm³/mol. The summed E-state index contributed by atoms with van der Waals surface area (Å²) in [4.78, 5) is 0. The van der Waals surface area contributed by atoms with E-state index < -0.39 is 0 Å². The molecule has 0 atom stereocenters. The van der Waals surface area contributed by atoms with Crippen molar-refractivity contribution in [2.45, 2.75) is 13.8 Å². The van der Waals surface area contributed by atoms with E-state index in [-0.39, 0.29) is 0 Å². The molecule has 0 bridgehead atoms. The van der Waals surface area contributed by atoms with Gasteiger partial charge in [-0.15, -0.1) is 0 Å². The Kier molecular flexibility index (Phi) is 4.82. The van der Waals surface area contributed by atoms with Crippen molar-refractivity contribution in [3.05, 3.63) is 37.2 Å². The van der Waals surface area contributed by atoms with Crippen LogP contribution >= 0.6 is 0 Å². The molecule has 0 rings (SSSR count). The van der Waals surface area contributed by atoms with Gasteiger partial charge in [0.2, 0.25) is 0 Å². The second kappa shape index (κ2) is 5.47. The van der Waals surface area contributed by atoms with E-state index in [2.05, 4.69) is 18.3 Å². The van der Waals surface area contributed by atoms with Crippen LogP contribution in [0.15, 0.2) is 42.3 Å². The molecule has 2 nitrogen and oxygen atoms in total. The molecule has 0 aromatic rings. The van der Waals surface area contributed by atoms with Crippen molar-refractivity contribution >= 4 is 6.21 Å². The number of hydrogen-bond donors (Lipinski definition) is 0. The molecule has 0 aromatic heterocycles. The van der Waals surface area contributed by atoms with Crippen LogP contribution in [0, 0.1) is 0 Å². The first-order valence-electron chi connectivity index (χ1n) is 3.48. The first-order chi connectivity index (χ1) is 5.26. The van der Waals surface area contributed by atoms with Crippen LogP contribution in [0.3, 0.4) is 0 Å². The summed E-state index contributed by atoms with van der Waals surface area (Å²) in [6.45, 7) is 11.2. The van der Waals surface area contributed by atoms with Crippen molar-refractivity contribution in [2.75, 3.05) is 0 Å². The summed E-state index contributed by atoms with van der Waals surface area (Å²) in [5, 5.41) is 5.61. The largest absolute Gasteiger partial charge is 0.243 e. The minimum Gasteiger partial charge on any atom is -0.243 e. The van der Waals surface area contributed by atoms with Crippen LogP contribution in [-0.2, 0) is 0 Å². The van der Waals surface area contributed by atoms with Gasteiger partial charge in [0.15, 0.2) is 0 Å². The van der Waals surface area contributed by atoms with Gasteiger partial charge >= 0.3 is 0 Å². The van der Waals surface area contributed by atoms with Crippen LogP contribution in [0.2, 0.25) is 0 Å². The van der Waals surface area contributed by atoms with E-state index in [1.807, 2.05) is 26.0 Å². The molecule has 0 radical (unpaired) electrons. The fourth-order valence-corrected chi connectivity index (χ4v) is 0.632. The van der Waals surface area contributed by atoms with E-state index in [4.69, 9.17) is 0 Å². The third kappa shape index (κ3) is 3.40. The zero-order valence-corrected chi connectivity index (χ0v) is 7.12. The van der Waals surface area contributed by atoms with Crippen molar-refractivity contribution in [1.29, 1.82) is 0 Å². The molecule has 0 aliphatic carbocycles. The molecule has 0 spiro atoms. The van der Waals surface area contributed by atoms with Crippen LogP contribution in [0.5, 0.6) is 0 Å². The fourth-order valence-electron chi connectivity index (χ4n) is 0.632. The normalized spacial score (nSPS) is 10.7. The van der Waals surface area contributed by atoms with Crippen LogP contribution in [0.25, 0.3) is 0 Å². The van der Waals surface area contributed by atoms with E-state index in [1.54, 1.807) is 17.4 Å². The maximum Gasteiger partial charge on any atom is 0.0570 e. The lowest BCUT2D eigenvalue weighted by Crippen LogP contribution is -2.05. The molecule has 0 heterocycles. The maximum atomic E-state index is 4.00. The summed E-state index contributed by atoms with van der Waals surface area (Å²) < 4.78 is 0. The summed E-state index contributed by atoms with van der Waals surface area (Å²) in [6, 6.07) is 0. The average Bonchev–Trinajstić information content (AvgIpc) is 2.00. The number of hydrogen-bond acceptors (Lipinski definition) is 2. The van der Waals surface area contributed by atoms with Gasteiger partial charge in [0.05, 0.1) is 5.70 Å². The Morgan fingerprint density at radius 2 is 2.09 bits per heavy atom. The lowest BCUT2D eigenvalue weighted by atomic mass is 10.4. The molecule has 0 aromatic carbocycles. The highest BCUT2D eigenvalue weighted by molar-refractivity contribution is 5.53. The molecule has 0 amide bonds. The number of nitrogens with zero attached hydrogens (tertiary/aromatic N) is 2. The summed E-state index contributed by atoms with van der Waals surface area (Å²) in [5.74, 6) is 0. The SMILES string of the molecule is C=CN(/N=C\C)C(=C)/C=C\C. The van der Waals surface area contributed by atoms with Gasteiger partial charge in [0.1, 0.15) is 0 Å². The van der Waals surface area contributed by atoms with E-state index in [1.165, 1.54) is 0 Å². The summed E-state index contributed by atoms with van der Waals surface area (Å²) >= 11 is 0. The Morgan fingerprint density at radius 1 is 1.45 bits per heavy atom. The highest BCUT2D eigenvalue weighted by Crippen LogP contribution is 2.03. The molecule has 0 saturated heterocycles. The van der Waals surface area contributed by atoms with Gasteiger partial charge in [0, 0.05) is 12.4 Å². The zero-order valence-electron chi connectivity index (χ0n) is 7.12. The van der Waals surface area contributed by atoms with E-state index >= 15 is 0 Å². The van der Waals surface area contributed by atoms with Crippen LogP contribution in [0.1, 0.15) is 13.8 Å². The van der Waals surface area contributed by atoms with Gasteiger partial charge in [-0.25, -0.2) is 5.01 Å². The minimum absolute atomic E-state index is 0.806. The third-order valence-electron chi connectivity index (χ3n) is 1.07. The topological polar surface area (TPSA) is 15.6 Å². The molecule has 0 unspecified atom stereocenters. The van der Waals surface area contributed by atoms with Gasteiger partial charge in [-0.2, -0.15) is 5.10 Å². The van der Waals surface area contributed by atoms with Crippen molar-refractivity contribution in [3.8, 4) is 0 Å². The van der Waals surface area contributed by atoms with Crippen LogP contribution in [-0.4, -0.2) is 11.2 Å². The quantitative estimate of drug-likeness (QED) is 0.341. The molecular formula is C9H14N2. The first-order valence-corrected chi connectivity index (χ1v) is 3.48. The molecular weight excluding hydrogens is 136 g/mol. The van der Waals surface area contributed by atoms with Crippen LogP contribution < -0.4 is 0 Å². The Labute approximate surface area is 68.2 Å². The van der Waals surface area contributed by atoms with Crippen molar-refractivity contribution in [2.24, 2.45) is 5.10 Å². The van der Waals surface area contributed by atoms with E-state index in [0.717, 1.165) is 5.70 Å². The smallest absolute Gasteiger partial charge is 0.0570 e. The summed E-state index contributed by atoms with van der Waals surface area (Å²) in [6.07, 6.45) is 7.08. The second-order valence-electron chi connectivity index (χ2n) is 1.89. The number of allylic oxidation sites excluding steroid dienone is 2. The van der Waals surface area contributed by atoms with Crippen molar-refractivity contribution in [1.82, 2.24) is 5.01 Å². The molecule has 0 saturated carbocycles. The molecule has 0 aliphatic rings. The summed E-state index contributed by atoms with van der Waals surface area (Å²) in [7, 11) is 0. The Hall–Kier alpha value is -1.31. The molecule has 60 valence electrons. The van der Waals surface area contributed by atoms with Gasteiger partial charge in [-0.05, 0) is 19.9 Å². The first kappa shape index (κ1) is 9.69. The standard InChI is InChI=1S/C9H14N2/c1-5-8-9(4)11(7-3)10-6-2/h5-8H,3-4H2,1-2H3/b8-5-,10-6-. The van der Waals surface area contributed by atoms with E-state index in [9.17, 15) is 0 Å². The molecule has 11 heavy (non-hydrogen) atoms. The van der Waals surface area contributed by atoms with Gasteiger partial charge in [-0.3, -0.25) is 0 Å². The van der Waals surface area contributed by atoms with Gasteiger partial charge in [-0.1, -0.05) is 19.2 Å². The Balaban J connectivity index is 4.25. The number of rotatable bonds is 4. The average molecular weight is 150 g/mol. The van der Waals surface area contributed by atoms with Gasteiger partial charge in [0.25, 0.3) is 0 Å². The van der Waals surface area contributed by atoms with Crippen molar-refractivity contribution < 1.29 is 0 Å². The minimum atomic E-state index is 0.806. The highest BCUT2D eigenvalue weighted by Gasteiger charge is 1.93. The molecule has 0 fully saturated rings. The van der Waals surface area contributed by atoms with E-state index in [0.29, 0.717) is 0 Å². The Morgan fingerprint density at radius 3 is 2.45 bits per heavy atom. The maximum absolute atomic E-state index is 4.00. The Bertz CT molecular complexity index is 190. The zero-order chi connectivity index (χ0) is 8.69. The molecule has 0 N–H and O–H groups in total. The van der Waals surface area contributed by atoms with Crippen LogP contribution in [0.4, 0.5) is 0 Å². The third-order valence-corrected chi connectivity index (χ3v) is 1.07. The monoisotopic (exact) mass is 150 g/mol. The fraction of sp³-hybridized carbons (Fsp3) is 0.222. The highest BCUT2D eigenvalue weighted by atomic mass is 15.4. The summed E-state index contributed by atoms with van der Waals surface area (Å²) in [5.41, 5.74) is 0.806. The molecule has 2 heteroatoms. The lowest BCUT2D eigenvalue weighted by molar-refractivity contribution is 0.520. The lowest BCUT2D eigenvalue weighted by Gasteiger charge is -2.12.